The zero-order chi connectivity index (χ0) is 28.3. The third-order valence-electron chi connectivity index (χ3n) is 6.66. The highest BCUT2D eigenvalue weighted by Gasteiger charge is 2.34. The normalized spacial score (nSPS) is 12.9. The molecule has 0 spiro atoms. The summed E-state index contributed by atoms with van der Waals surface area (Å²) >= 11 is 6.05. The fourth-order valence-electron chi connectivity index (χ4n) is 4.66. The van der Waals surface area contributed by atoms with Crippen LogP contribution in [-0.2, 0) is 19.3 Å². The van der Waals surface area contributed by atoms with Crippen LogP contribution in [0.3, 0.4) is 0 Å². The largest absolute Gasteiger partial charge is 0.497 e. The van der Waals surface area contributed by atoms with Crippen LogP contribution in [0.1, 0.15) is 27.0 Å². The molecular weight excluding hydrogens is 541 g/mol. The van der Waals surface area contributed by atoms with Gasteiger partial charge in [0.25, 0.3) is 5.91 Å². The molecule has 1 aliphatic heterocycles. The van der Waals surface area contributed by atoms with Crippen LogP contribution in [0.25, 0.3) is 11.1 Å². The van der Waals surface area contributed by atoms with E-state index >= 15 is 0 Å². The number of pyridine rings is 1. The van der Waals surface area contributed by atoms with Crippen molar-refractivity contribution in [1.82, 2.24) is 10.3 Å². The van der Waals surface area contributed by atoms with E-state index in [0.29, 0.717) is 42.5 Å². The molecule has 1 amide bonds. The highest BCUT2D eigenvalue weighted by molar-refractivity contribution is 6.30. The molecule has 0 unspecified atom stereocenters. The number of carbonyl (C=O) groups is 1. The Labute approximate surface area is 234 Å². The van der Waals surface area contributed by atoms with Crippen LogP contribution in [0, 0.1) is 0 Å². The molecule has 0 saturated carbocycles. The second kappa shape index (κ2) is 11.5. The van der Waals surface area contributed by atoms with Gasteiger partial charge in [0, 0.05) is 48.5 Å². The van der Waals surface area contributed by atoms with Crippen LogP contribution < -0.4 is 20.3 Å². The Bertz CT molecular complexity index is 1540. The number of fused-ring (bicyclic) bond motifs is 1. The van der Waals surface area contributed by atoms with E-state index < -0.39 is 11.7 Å². The summed E-state index contributed by atoms with van der Waals surface area (Å²) in [6.07, 6.45) is -2.81. The highest BCUT2D eigenvalue weighted by Crippen LogP contribution is 2.37. The number of anilines is 2. The van der Waals surface area contributed by atoms with E-state index in [2.05, 4.69) is 15.6 Å². The van der Waals surface area contributed by atoms with E-state index in [1.165, 1.54) is 12.1 Å². The first kappa shape index (κ1) is 27.3. The molecule has 0 radical (unpaired) electrons. The Morgan fingerprint density at radius 2 is 1.90 bits per heavy atom. The lowest BCUT2D eigenvalue weighted by Gasteiger charge is -2.32. The monoisotopic (exact) mass is 566 g/mol. The van der Waals surface area contributed by atoms with Gasteiger partial charge in [-0.25, -0.2) is 4.98 Å². The first-order valence-corrected chi connectivity index (χ1v) is 12.9. The van der Waals surface area contributed by atoms with Gasteiger partial charge in [-0.3, -0.25) is 4.79 Å². The fraction of sp³-hybridized carbons (Fsp3) is 0.200. The number of ether oxygens (including phenoxy) is 1. The lowest BCUT2D eigenvalue weighted by atomic mass is 10.0. The summed E-state index contributed by atoms with van der Waals surface area (Å²) in [6, 6.07) is 20.1. The molecule has 2 N–H and O–H groups in total. The molecule has 10 heteroatoms. The van der Waals surface area contributed by atoms with Crippen molar-refractivity contribution in [3.05, 3.63) is 106 Å². The number of benzene rings is 3. The van der Waals surface area contributed by atoms with Crippen molar-refractivity contribution in [2.24, 2.45) is 0 Å². The fourth-order valence-corrected chi connectivity index (χ4v) is 4.86. The summed E-state index contributed by atoms with van der Waals surface area (Å²) in [5.74, 6) is 1.06. The summed E-state index contributed by atoms with van der Waals surface area (Å²) in [4.78, 5) is 19.3. The second-order valence-electron chi connectivity index (χ2n) is 9.35. The van der Waals surface area contributed by atoms with Gasteiger partial charge in [0.1, 0.15) is 11.6 Å². The average molecular weight is 567 g/mol. The number of carbonyl (C=O) groups excluding carboxylic acids is 1. The molecule has 0 aliphatic carbocycles. The number of nitrogens with one attached hydrogen (secondary N) is 2. The van der Waals surface area contributed by atoms with Gasteiger partial charge in [0.05, 0.1) is 18.4 Å². The second-order valence-corrected chi connectivity index (χ2v) is 9.79. The molecule has 5 rings (SSSR count). The first-order chi connectivity index (χ1) is 19.2. The van der Waals surface area contributed by atoms with E-state index in [4.69, 9.17) is 16.3 Å². The minimum atomic E-state index is -4.50. The number of aromatic nitrogens is 1. The molecule has 1 aliphatic rings. The lowest BCUT2D eigenvalue weighted by Crippen LogP contribution is -2.34. The maximum absolute atomic E-state index is 13.7. The van der Waals surface area contributed by atoms with Crippen LogP contribution in [-0.4, -0.2) is 31.1 Å². The van der Waals surface area contributed by atoms with E-state index in [-0.39, 0.29) is 23.0 Å². The standard InChI is InChI=1S/C30H26ClF3N4O2/c1-40-25-7-2-4-19(12-25)16-37-29(39)21-6-3-5-20(13-21)22-15-27-28(36-17-22)35-10-11-38(27)18-23-14-24(31)8-9-26(23)30(32,33)34/h2-9,12-15,17H,10-11,16,18H2,1H3,(H,35,36)(H,37,39). The minimum Gasteiger partial charge on any atom is -0.497 e. The third-order valence-corrected chi connectivity index (χ3v) is 6.90. The summed E-state index contributed by atoms with van der Waals surface area (Å²) in [6.45, 7) is 1.37. The average Bonchev–Trinajstić information content (AvgIpc) is 2.95. The smallest absolute Gasteiger partial charge is 0.416 e. The van der Waals surface area contributed by atoms with Gasteiger partial charge in [-0.05, 0) is 65.2 Å². The maximum atomic E-state index is 13.7. The molecule has 1 aromatic heterocycles. The molecule has 206 valence electrons. The molecule has 2 heterocycles. The van der Waals surface area contributed by atoms with Gasteiger partial charge in [-0.1, -0.05) is 35.9 Å². The summed E-state index contributed by atoms with van der Waals surface area (Å²) < 4.78 is 46.3. The number of amides is 1. The van der Waals surface area contributed by atoms with Gasteiger partial charge in [0.2, 0.25) is 0 Å². The highest BCUT2D eigenvalue weighted by atomic mass is 35.5. The third kappa shape index (κ3) is 6.15. The van der Waals surface area contributed by atoms with E-state index in [0.717, 1.165) is 22.8 Å². The van der Waals surface area contributed by atoms with E-state index in [1.807, 2.05) is 41.3 Å². The SMILES string of the molecule is COc1cccc(CNC(=O)c2cccc(-c3cnc4c(c3)N(Cc3cc(Cl)ccc3C(F)(F)F)CCN4)c2)c1. The van der Waals surface area contributed by atoms with Crippen molar-refractivity contribution in [2.45, 2.75) is 19.3 Å². The first-order valence-electron chi connectivity index (χ1n) is 12.6. The van der Waals surface area contributed by atoms with Gasteiger partial charge in [-0.2, -0.15) is 13.2 Å². The Balaban J connectivity index is 1.38. The molecule has 6 nitrogen and oxygen atoms in total. The van der Waals surface area contributed by atoms with E-state index in [9.17, 15) is 18.0 Å². The number of methoxy groups -OCH3 is 1. The van der Waals surface area contributed by atoms with Crippen molar-refractivity contribution < 1.29 is 22.7 Å². The molecule has 0 saturated heterocycles. The molecule has 0 fully saturated rings. The van der Waals surface area contributed by atoms with Crippen LogP contribution in [0.5, 0.6) is 5.75 Å². The number of rotatable bonds is 7. The zero-order valence-corrected chi connectivity index (χ0v) is 22.3. The molecule has 0 atom stereocenters. The van der Waals surface area contributed by atoms with Crippen molar-refractivity contribution >= 4 is 29.0 Å². The van der Waals surface area contributed by atoms with Crippen LogP contribution >= 0.6 is 11.6 Å². The molecule has 3 aromatic carbocycles. The topological polar surface area (TPSA) is 66.5 Å². The summed E-state index contributed by atoms with van der Waals surface area (Å²) in [5.41, 5.74) is 2.92. The maximum Gasteiger partial charge on any atom is 0.416 e. The Morgan fingerprint density at radius 3 is 2.70 bits per heavy atom. The predicted molar refractivity (Wildman–Crippen MR) is 150 cm³/mol. The number of hydrogen-bond acceptors (Lipinski definition) is 5. The van der Waals surface area contributed by atoms with Crippen molar-refractivity contribution in [3.8, 4) is 16.9 Å². The predicted octanol–water partition coefficient (Wildman–Crippen LogP) is 6.79. The van der Waals surface area contributed by atoms with Crippen LogP contribution in [0.4, 0.5) is 24.7 Å². The Kier molecular flexibility index (Phi) is 7.84. The number of nitrogens with zero attached hydrogens (tertiary/aromatic N) is 2. The molecular formula is C30H26ClF3N4O2. The summed E-state index contributed by atoms with van der Waals surface area (Å²) in [7, 11) is 1.59. The van der Waals surface area contributed by atoms with Crippen LogP contribution in [0.2, 0.25) is 5.02 Å². The van der Waals surface area contributed by atoms with Gasteiger partial charge < -0.3 is 20.3 Å². The van der Waals surface area contributed by atoms with E-state index in [1.54, 1.807) is 31.5 Å². The number of hydrogen-bond donors (Lipinski definition) is 2. The molecule has 0 bridgehead atoms. The number of alkyl halides is 3. The lowest BCUT2D eigenvalue weighted by molar-refractivity contribution is -0.138. The summed E-state index contributed by atoms with van der Waals surface area (Å²) in [5, 5.41) is 6.37. The number of halogens is 4. The van der Waals surface area contributed by atoms with Crippen molar-refractivity contribution in [1.29, 1.82) is 0 Å². The van der Waals surface area contributed by atoms with Crippen molar-refractivity contribution in [3.63, 3.8) is 0 Å². The van der Waals surface area contributed by atoms with Gasteiger partial charge in [-0.15, -0.1) is 0 Å². The van der Waals surface area contributed by atoms with Gasteiger partial charge >= 0.3 is 6.18 Å². The minimum absolute atomic E-state index is 0.0158. The van der Waals surface area contributed by atoms with Gasteiger partial charge in [0.15, 0.2) is 0 Å². The van der Waals surface area contributed by atoms with Crippen molar-refractivity contribution in [2.75, 3.05) is 30.4 Å². The Morgan fingerprint density at radius 1 is 1.07 bits per heavy atom. The van der Waals surface area contributed by atoms with Crippen LogP contribution in [0.15, 0.2) is 79.0 Å². The molecule has 4 aromatic rings. The zero-order valence-electron chi connectivity index (χ0n) is 21.6. The Hall–Kier alpha value is -4.24. The quantitative estimate of drug-likeness (QED) is 0.258. The molecule has 40 heavy (non-hydrogen) atoms.